The molecule has 0 aromatic heterocycles. The number of carbonyl (C=O) groups is 2. The maximum absolute atomic E-state index is 12.3. The molecule has 2 atom stereocenters. The first-order valence-corrected chi connectivity index (χ1v) is 9.78. The van der Waals surface area contributed by atoms with Gasteiger partial charge in [0.25, 0.3) is 0 Å². The van der Waals surface area contributed by atoms with E-state index in [0.29, 0.717) is 0 Å². The van der Waals surface area contributed by atoms with Gasteiger partial charge >= 0.3 is 11.9 Å². The number of hydrogen-bond acceptors (Lipinski definition) is 5. The Hall–Kier alpha value is -3.44. The highest BCUT2D eigenvalue weighted by Gasteiger charge is 2.47. The van der Waals surface area contributed by atoms with Crippen LogP contribution in [0.25, 0.3) is 0 Å². The Labute approximate surface area is 175 Å². The van der Waals surface area contributed by atoms with Crippen molar-refractivity contribution in [3.05, 3.63) is 108 Å². The lowest BCUT2D eigenvalue weighted by Gasteiger charge is -2.37. The van der Waals surface area contributed by atoms with Gasteiger partial charge in [-0.15, -0.1) is 0 Å². The molecule has 1 aliphatic rings. The van der Waals surface area contributed by atoms with Gasteiger partial charge in [-0.3, -0.25) is 9.59 Å². The fourth-order valence-electron chi connectivity index (χ4n) is 3.88. The summed E-state index contributed by atoms with van der Waals surface area (Å²) in [5.41, 5.74) is 1.64. The third-order valence-electron chi connectivity index (χ3n) is 5.30. The van der Waals surface area contributed by atoms with Crippen molar-refractivity contribution < 1.29 is 23.8 Å². The van der Waals surface area contributed by atoms with Gasteiger partial charge < -0.3 is 14.2 Å². The van der Waals surface area contributed by atoms with Crippen LogP contribution in [0.15, 0.2) is 91.0 Å². The monoisotopic (exact) mass is 402 g/mol. The zero-order chi connectivity index (χ0) is 21.0. The van der Waals surface area contributed by atoms with E-state index in [1.807, 2.05) is 91.0 Å². The van der Waals surface area contributed by atoms with Crippen molar-refractivity contribution >= 4 is 11.9 Å². The van der Waals surface area contributed by atoms with Crippen LogP contribution in [0.1, 0.15) is 23.1 Å². The molecule has 0 amide bonds. The molecule has 30 heavy (non-hydrogen) atoms. The standard InChI is InChI=1S/C25H22O5/c1-28-23(26)21-17-22(29-24(21)27)30-25(18-11-5-2-6-12-18,19-13-7-3-8-14-19)20-15-9-4-10-16-20/h2-16,21-22H,17H2,1H3/t21-,22+/m0/s1. The first-order chi connectivity index (χ1) is 14.6. The van der Waals surface area contributed by atoms with Gasteiger partial charge in [-0.25, -0.2) is 0 Å². The maximum atomic E-state index is 12.3. The lowest BCUT2D eigenvalue weighted by molar-refractivity contribution is -0.182. The number of methoxy groups -OCH3 is 1. The van der Waals surface area contributed by atoms with Crippen molar-refractivity contribution in [3.63, 3.8) is 0 Å². The Kier molecular flexibility index (Phi) is 5.63. The fourth-order valence-corrected chi connectivity index (χ4v) is 3.88. The molecule has 3 aromatic carbocycles. The molecular weight excluding hydrogens is 380 g/mol. The van der Waals surface area contributed by atoms with Gasteiger partial charge in [-0.05, 0) is 16.7 Å². The minimum atomic E-state index is -1.03. The van der Waals surface area contributed by atoms with Crippen molar-refractivity contribution in [1.82, 2.24) is 0 Å². The van der Waals surface area contributed by atoms with Crippen LogP contribution in [-0.2, 0) is 29.4 Å². The van der Waals surface area contributed by atoms with Crippen LogP contribution in [0.2, 0.25) is 0 Å². The van der Waals surface area contributed by atoms with E-state index in [1.54, 1.807) is 0 Å². The summed E-state index contributed by atoms with van der Waals surface area (Å²) in [4.78, 5) is 24.2. The summed E-state index contributed by atoms with van der Waals surface area (Å²) >= 11 is 0. The van der Waals surface area contributed by atoms with Crippen molar-refractivity contribution in [3.8, 4) is 0 Å². The molecule has 4 rings (SSSR count). The van der Waals surface area contributed by atoms with Gasteiger partial charge in [0.15, 0.2) is 5.92 Å². The fraction of sp³-hybridized carbons (Fsp3) is 0.200. The summed E-state index contributed by atoms with van der Waals surface area (Å²) < 4.78 is 16.8. The van der Waals surface area contributed by atoms with Crippen LogP contribution >= 0.6 is 0 Å². The van der Waals surface area contributed by atoms with E-state index >= 15 is 0 Å². The predicted molar refractivity (Wildman–Crippen MR) is 110 cm³/mol. The smallest absolute Gasteiger partial charge is 0.322 e. The number of cyclic esters (lactones) is 1. The molecule has 0 spiro atoms. The van der Waals surface area contributed by atoms with E-state index in [-0.39, 0.29) is 6.42 Å². The molecule has 1 fully saturated rings. The first kappa shape index (κ1) is 19.9. The third-order valence-corrected chi connectivity index (χ3v) is 5.30. The normalized spacial score (nSPS) is 18.6. The second-order valence-electron chi connectivity index (χ2n) is 7.08. The van der Waals surface area contributed by atoms with Gasteiger partial charge in [0.1, 0.15) is 5.60 Å². The van der Waals surface area contributed by atoms with E-state index in [0.717, 1.165) is 16.7 Å². The molecule has 5 heteroatoms. The van der Waals surface area contributed by atoms with E-state index in [2.05, 4.69) is 0 Å². The van der Waals surface area contributed by atoms with Gasteiger partial charge in [-0.1, -0.05) is 91.0 Å². The minimum absolute atomic E-state index is 0.0970. The number of hydrogen-bond donors (Lipinski definition) is 0. The molecule has 0 aliphatic carbocycles. The molecule has 0 N–H and O–H groups in total. The average molecular weight is 402 g/mol. The molecule has 152 valence electrons. The Morgan fingerprint density at radius 2 is 1.27 bits per heavy atom. The van der Waals surface area contributed by atoms with Crippen molar-refractivity contribution in [2.75, 3.05) is 7.11 Å². The lowest BCUT2D eigenvalue weighted by atomic mass is 9.80. The number of esters is 2. The summed E-state index contributed by atoms with van der Waals surface area (Å²) in [6, 6.07) is 29.3. The minimum Gasteiger partial charge on any atom is -0.468 e. The van der Waals surface area contributed by atoms with Crippen molar-refractivity contribution in [2.24, 2.45) is 5.92 Å². The lowest BCUT2D eigenvalue weighted by Crippen LogP contribution is -2.37. The summed E-state index contributed by atoms with van der Waals surface area (Å²) in [5.74, 6) is -2.23. The topological polar surface area (TPSA) is 61.8 Å². The second kappa shape index (κ2) is 8.51. The van der Waals surface area contributed by atoms with Crippen molar-refractivity contribution in [2.45, 2.75) is 18.3 Å². The molecule has 1 heterocycles. The van der Waals surface area contributed by atoms with E-state index in [1.165, 1.54) is 7.11 Å². The number of carbonyl (C=O) groups excluding carboxylic acids is 2. The molecule has 0 saturated carbocycles. The summed E-state index contributed by atoms with van der Waals surface area (Å²) in [5, 5.41) is 0. The number of benzene rings is 3. The van der Waals surface area contributed by atoms with Crippen LogP contribution in [0.3, 0.4) is 0 Å². The first-order valence-electron chi connectivity index (χ1n) is 9.78. The summed E-state index contributed by atoms with van der Waals surface area (Å²) in [7, 11) is 1.26. The zero-order valence-corrected chi connectivity index (χ0v) is 16.6. The average Bonchev–Trinajstić information content (AvgIpc) is 3.18. The van der Waals surface area contributed by atoms with E-state index in [4.69, 9.17) is 14.2 Å². The number of rotatable bonds is 6. The zero-order valence-electron chi connectivity index (χ0n) is 16.6. The molecule has 5 nitrogen and oxygen atoms in total. The predicted octanol–water partition coefficient (Wildman–Crippen LogP) is 4.06. The van der Waals surface area contributed by atoms with Crippen LogP contribution in [0, 0.1) is 5.92 Å². The highest BCUT2D eigenvalue weighted by molar-refractivity contribution is 5.96. The van der Waals surface area contributed by atoms with E-state index < -0.39 is 29.7 Å². The van der Waals surface area contributed by atoms with Crippen LogP contribution in [0.5, 0.6) is 0 Å². The van der Waals surface area contributed by atoms with Crippen molar-refractivity contribution in [1.29, 1.82) is 0 Å². The van der Waals surface area contributed by atoms with Gasteiger partial charge in [0.05, 0.1) is 7.11 Å². The van der Waals surface area contributed by atoms with Crippen LogP contribution in [0.4, 0.5) is 0 Å². The van der Waals surface area contributed by atoms with Crippen LogP contribution in [-0.4, -0.2) is 25.3 Å². The molecule has 3 aromatic rings. The third kappa shape index (κ3) is 3.60. The molecule has 0 unspecified atom stereocenters. The summed E-state index contributed by atoms with van der Waals surface area (Å²) in [6.45, 7) is 0. The Morgan fingerprint density at radius 3 is 1.67 bits per heavy atom. The SMILES string of the molecule is COC(=O)[C@@H]1C[C@@H](OC(c2ccccc2)(c2ccccc2)c2ccccc2)OC1=O. The maximum Gasteiger partial charge on any atom is 0.322 e. The quantitative estimate of drug-likeness (QED) is 0.354. The molecule has 1 saturated heterocycles. The Morgan fingerprint density at radius 1 is 0.833 bits per heavy atom. The Bertz CT molecular complexity index is 905. The second-order valence-corrected chi connectivity index (χ2v) is 7.08. The van der Waals surface area contributed by atoms with Gasteiger partial charge in [-0.2, -0.15) is 0 Å². The van der Waals surface area contributed by atoms with E-state index in [9.17, 15) is 9.59 Å². The molecule has 0 radical (unpaired) electrons. The Balaban J connectivity index is 1.84. The summed E-state index contributed by atoms with van der Waals surface area (Å²) in [6.07, 6.45) is -0.804. The molecular formula is C25H22O5. The van der Waals surface area contributed by atoms with Gasteiger partial charge in [0, 0.05) is 6.42 Å². The molecule has 0 bridgehead atoms. The van der Waals surface area contributed by atoms with Gasteiger partial charge in [0.2, 0.25) is 6.29 Å². The molecule has 1 aliphatic heterocycles. The largest absolute Gasteiger partial charge is 0.468 e. The highest BCUT2D eigenvalue weighted by atomic mass is 16.7. The highest BCUT2D eigenvalue weighted by Crippen LogP contribution is 2.43. The number of ether oxygens (including phenoxy) is 3. The van der Waals surface area contributed by atoms with Crippen LogP contribution < -0.4 is 0 Å².